The second-order valence-corrected chi connectivity index (χ2v) is 4.87. The Morgan fingerprint density at radius 1 is 1.26 bits per heavy atom. The average molecular weight is 259 g/mol. The Morgan fingerprint density at radius 2 is 1.95 bits per heavy atom. The minimum atomic E-state index is -0.0383. The maximum atomic E-state index is 6.20. The van der Waals surface area contributed by atoms with Crippen molar-refractivity contribution in [3.05, 3.63) is 47.5 Å². The van der Waals surface area contributed by atoms with E-state index in [4.69, 9.17) is 10.5 Å². The smallest absolute Gasteiger partial charge is 0.124 e. The SMILES string of the molecule is COc1ccccc1C(C(C)N)n1cnc(C)c1C. The Balaban J connectivity index is 2.55. The van der Waals surface area contributed by atoms with Gasteiger partial charge in [0.1, 0.15) is 5.75 Å². The summed E-state index contributed by atoms with van der Waals surface area (Å²) in [5.41, 5.74) is 9.44. The lowest BCUT2D eigenvalue weighted by atomic mass is 9.99. The van der Waals surface area contributed by atoms with Crippen LogP contribution < -0.4 is 10.5 Å². The van der Waals surface area contributed by atoms with Crippen LogP contribution in [0.2, 0.25) is 0 Å². The van der Waals surface area contributed by atoms with Crippen molar-refractivity contribution in [2.45, 2.75) is 32.9 Å². The first-order valence-corrected chi connectivity index (χ1v) is 6.44. The first kappa shape index (κ1) is 13.6. The second-order valence-electron chi connectivity index (χ2n) is 4.87. The van der Waals surface area contributed by atoms with Crippen LogP contribution in [0.15, 0.2) is 30.6 Å². The van der Waals surface area contributed by atoms with E-state index in [0.717, 1.165) is 22.7 Å². The van der Waals surface area contributed by atoms with E-state index in [-0.39, 0.29) is 12.1 Å². The first-order valence-electron chi connectivity index (χ1n) is 6.44. The number of imidazole rings is 1. The normalized spacial score (nSPS) is 14.2. The molecule has 0 aliphatic heterocycles. The molecule has 0 saturated carbocycles. The van der Waals surface area contributed by atoms with Gasteiger partial charge < -0.3 is 15.0 Å². The maximum absolute atomic E-state index is 6.20. The van der Waals surface area contributed by atoms with Crippen LogP contribution in [0.25, 0.3) is 0 Å². The molecular weight excluding hydrogens is 238 g/mol. The van der Waals surface area contributed by atoms with Gasteiger partial charge in [0, 0.05) is 17.3 Å². The highest BCUT2D eigenvalue weighted by atomic mass is 16.5. The molecule has 0 aliphatic rings. The fourth-order valence-electron chi connectivity index (χ4n) is 2.39. The highest BCUT2D eigenvalue weighted by Gasteiger charge is 2.23. The van der Waals surface area contributed by atoms with Gasteiger partial charge in [0.25, 0.3) is 0 Å². The molecule has 19 heavy (non-hydrogen) atoms. The van der Waals surface area contributed by atoms with Gasteiger partial charge >= 0.3 is 0 Å². The van der Waals surface area contributed by atoms with Crippen molar-refractivity contribution in [2.75, 3.05) is 7.11 Å². The van der Waals surface area contributed by atoms with Crippen molar-refractivity contribution in [3.8, 4) is 5.75 Å². The minimum absolute atomic E-state index is 0.0253. The number of hydrogen-bond acceptors (Lipinski definition) is 3. The average Bonchev–Trinajstić information content (AvgIpc) is 2.72. The molecule has 0 radical (unpaired) electrons. The van der Waals surface area contributed by atoms with Crippen LogP contribution in [-0.2, 0) is 0 Å². The molecule has 1 aromatic heterocycles. The summed E-state index contributed by atoms with van der Waals surface area (Å²) in [4.78, 5) is 4.37. The molecule has 2 rings (SSSR count). The van der Waals surface area contributed by atoms with Crippen molar-refractivity contribution in [1.82, 2.24) is 9.55 Å². The molecule has 0 fully saturated rings. The van der Waals surface area contributed by atoms with Crippen molar-refractivity contribution in [2.24, 2.45) is 5.73 Å². The first-order chi connectivity index (χ1) is 9.06. The molecule has 0 aliphatic carbocycles. The predicted molar refractivity (Wildman–Crippen MR) is 76.5 cm³/mol. The molecule has 0 amide bonds. The fourth-order valence-corrected chi connectivity index (χ4v) is 2.39. The Labute approximate surface area is 114 Å². The molecule has 2 atom stereocenters. The van der Waals surface area contributed by atoms with Gasteiger partial charge in [0.15, 0.2) is 0 Å². The lowest BCUT2D eigenvalue weighted by Gasteiger charge is -2.26. The monoisotopic (exact) mass is 259 g/mol. The summed E-state index contributed by atoms with van der Waals surface area (Å²) >= 11 is 0. The summed E-state index contributed by atoms with van der Waals surface area (Å²) in [6, 6.07) is 7.98. The molecular formula is C15H21N3O. The summed E-state index contributed by atoms with van der Waals surface area (Å²) in [6.07, 6.45) is 1.85. The quantitative estimate of drug-likeness (QED) is 0.917. The number of aryl methyl sites for hydroxylation is 1. The summed E-state index contributed by atoms with van der Waals surface area (Å²) in [6.45, 7) is 6.07. The Kier molecular flexibility index (Phi) is 3.90. The second kappa shape index (κ2) is 5.45. The highest BCUT2D eigenvalue weighted by molar-refractivity contribution is 5.37. The number of aromatic nitrogens is 2. The van der Waals surface area contributed by atoms with E-state index in [1.165, 1.54) is 0 Å². The van der Waals surface area contributed by atoms with Gasteiger partial charge in [-0.25, -0.2) is 4.98 Å². The van der Waals surface area contributed by atoms with Gasteiger partial charge in [-0.15, -0.1) is 0 Å². The molecule has 4 nitrogen and oxygen atoms in total. The van der Waals surface area contributed by atoms with Gasteiger partial charge in [-0.3, -0.25) is 0 Å². The lowest BCUT2D eigenvalue weighted by Crippen LogP contribution is -2.30. The topological polar surface area (TPSA) is 53.1 Å². The molecule has 1 aromatic carbocycles. The number of ether oxygens (including phenoxy) is 1. The summed E-state index contributed by atoms with van der Waals surface area (Å²) in [5, 5.41) is 0. The van der Waals surface area contributed by atoms with E-state index in [1.54, 1.807) is 7.11 Å². The van der Waals surface area contributed by atoms with Gasteiger partial charge in [-0.1, -0.05) is 18.2 Å². The van der Waals surface area contributed by atoms with Gasteiger partial charge in [0.2, 0.25) is 0 Å². The third-order valence-electron chi connectivity index (χ3n) is 3.54. The molecule has 1 heterocycles. The number of rotatable bonds is 4. The van der Waals surface area contributed by atoms with E-state index in [2.05, 4.69) is 22.5 Å². The number of methoxy groups -OCH3 is 1. The largest absolute Gasteiger partial charge is 0.496 e. The van der Waals surface area contributed by atoms with E-state index < -0.39 is 0 Å². The van der Waals surface area contributed by atoms with E-state index in [0.29, 0.717) is 0 Å². The summed E-state index contributed by atoms with van der Waals surface area (Å²) < 4.78 is 7.58. The molecule has 4 heteroatoms. The van der Waals surface area contributed by atoms with Crippen molar-refractivity contribution >= 4 is 0 Å². The highest BCUT2D eigenvalue weighted by Crippen LogP contribution is 2.30. The van der Waals surface area contributed by atoms with Crippen LogP contribution in [0.1, 0.15) is 29.9 Å². The van der Waals surface area contributed by atoms with E-state index in [1.807, 2.05) is 38.4 Å². The fraction of sp³-hybridized carbons (Fsp3) is 0.400. The number of para-hydroxylation sites is 1. The van der Waals surface area contributed by atoms with Crippen molar-refractivity contribution < 1.29 is 4.74 Å². The standard InChI is InChI=1S/C15H21N3O/c1-10(16)15(18-9-17-11(2)12(18)3)13-7-5-6-8-14(13)19-4/h5-10,15H,16H2,1-4H3. The van der Waals surface area contributed by atoms with Gasteiger partial charge in [-0.05, 0) is 26.8 Å². The van der Waals surface area contributed by atoms with E-state index >= 15 is 0 Å². The molecule has 2 unspecified atom stereocenters. The van der Waals surface area contributed by atoms with Gasteiger partial charge in [-0.2, -0.15) is 0 Å². The number of benzene rings is 1. The zero-order chi connectivity index (χ0) is 14.0. The third-order valence-corrected chi connectivity index (χ3v) is 3.54. The third kappa shape index (κ3) is 2.49. The maximum Gasteiger partial charge on any atom is 0.124 e. The molecule has 0 bridgehead atoms. The molecule has 102 valence electrons. The van der Waals surface area contributed by atoms with Crippen molar-refractivity contribution in [1.29, 1.82) is 0 Å². The minimum Gasteiger partial charge on any atom is -0.496 e. The molecule has 2 N–H and O–H groups in total. The summed E-state index contributed by atoms with van der Waals surface area (Å²) in [5.74, 6) is 0.857. The van der Waals surface area contributed by atoms with E-state index in [9.17, 15) is 0 Å². The number of nitrogens with zero attached hydrogens (tertiary/aromatic N) is 2. The number of nitrogens with two attached hydrogens (primary N) is 1. The van der Waals surface area contributed by atoms with Crippen LogP contribution in [0.4, 0.5) is 0 Å². The Morgan fingerprint density at radius 3 is 2.47 bits per heavy atom. The molecule has 0 spiro atoms. The lowest BCUT2D eigenvalue weighted by molar-refractivity contribution is 0.392. The predicted octanol–water partition coefficient (Wildman–Crippen LogP) is 2.45. The zero-order valence-electron chi connectivity index (χ0n) is 11.9. The Hall–Kier alpha value is -1.81. The molecule has 2 aromatic rings. The van der Waals surface area contributed by atoms with Crippen molar-refractivity contribution in [3.63, 3.8) is 0 Å². The van der Waals surface area contributed by atoms with Crippen LogP contribution >= 0.6 is 0 Å². The van der Waals surface area contributed by atoms with Crippen LogP contribution in [0.5, 0.6) is 5.75 Å². The van der Waals surface area contributed by atoms with Crippen LogP contribution in [-0.4, -0.2) is 22.7 Å². The Bertz CT molecular complexity index is 560. The van der Waals surface area contributed by atoms with Crippen LogP contribution in [0, 0.1) is 13.8 Å². The van der Waals surface area contributed by atoms with Crippen LogP contribution in [0.3, 0.4) is 0 Å². The zero-order valence-corrected chi connectivity index (χ0v) is 11.9. The van der Waals surface area contributed by atoms with Gasteiger partial charge in [0.05, 0.1) is 25.2 Å². The molecule has 0 saturated heterocycles. The number of hydrogen-bond donors (Lipinski definition) is 1. The summed E-state index contributed by atoms with van der Waals surface area (Å²) in [7, 11) is 1.68.